The standard InChI is InChI=1S/C23H26ClNO2/c1-5-9-25-23(26)15(3)14(2)20-12-19(24)13-21(16(20)4)17-6-7-22-18(11-17)8-10-27-22/h6-7,11-13H,5,8-10H2,1-4H3,(H,25,26)/b15-14+. The van der Waals surface area contributed by atoms with Gasteiger partial charge < -0.3 is 10.1 Å². The Morgan fingerprint density at radius 1 is 1.22 bits per heavy atom. The highest BCUT2D eigenvalue weighted by Crippen LogP contribution is 2.36. The van der Waals surface area contributed by atoms with Crippen LogP contribution in [0.1, 0.15) is 43.9 Å². The Morgan fingerprint density at radius 2 is 2.00 bits per heavy atom. The summed E-state index contributed by atoms with van der Waals surface area (Å²) < 4.78 is 5.62. The van der Waals surface area contributed by atoms with E-state index in [2.05, 4.69) is 24.4 Å². The maximum absolute atomic E-state index is 12.4. The van der Waals surface area contributed by atoms with E-state index >= 15 is 0 Å². The van der Waals surface area contributed by atoms with Crippen molar-refractivity contribution in [1.82, 2.24) is 5.32 Å². The van der Waals surface area contributed by atoms with Crippen molar-refractivity contribution in [2.45, 2.75) is 40.5 Å². The van der Waals surface area contributed by atoms with E-state index in [-0.39, 0.29) is 5.91 Å². The molecule has 142 valence electrons. The molecule has 1 aliphatic rings. The molecule has 3 rings (SSSR count). The number of carbonyl (C=O) groups excluding carboxylic acids is 1. The number of hydrogen-bond acceptors (Lipinski definition) is 2. The SMILES string of the molecule is CCCNC(=O)/C(C)=C(\C)c1cc(Cl)cc(-c2ccc3c(c2)CCO3)c1C. The van der Waals surface area contributed by atoms with Crippen LogP contribution in [0.2, 0.25) is 5.02 Å². The minimum atomic E-state index is -0.0232. The highest BCUT2D eigenvalue weighted by molar-refractivity contribution is 6.31. The Morgan fingerprint density at radius 3 is 2.74 bits per heavy atom. The molecule has 1 heterocycles. The molecule has 0 unspecified atom stereocenters. The molecule has 27 heavy (non-hydrogen) atoms. The van der Waals surface area contributed by atoms with Crippen LogP contribution in [-0.4, -0.2) is 19.1 Å². The second-order valence-corrected chi connectivity index (χ2v) is 7.49. The first-order valence-corrected chi connectivity index (χ1v) is 9.82. The van der Waals surface area contributed by atoms with Crippen LogP contribution in [0, 0.1) is 6.92 Å². The molecule has 0 bridgehead atoms. The van der Waals surface area contributed by atoms with E-state index in [1.807, 2.05) is 39.0 Å². The topological polar surface area (TPSA) is 38.3 Å². The zero-order valence-corrected chi connectivity index (χ0v) is 17.2. The van der Waals surface area contributed by atoms with Crippen molar-refractivity contribution in [2.75, 3.05) is 13.2 Å². The normalized spacial score (nSPS) is 13.7. The van der Waals surface area contributed by atoms with E-state index in [9.17, 15) is 4.79 Å². The summed E-state index contributed by atoms with van der Waals surface area (Å²) in [5.74, 6) is 0.947. The number of nitrogens with one attached hydrogen (secondary N) is 1. The number of carbonyl (C=O) groups is 1. The van der Waals surface area contributed by atoms with E-state index in [1.165, 1.54) is 5.56 Å². The summed E-state index contributed by atoms with van der Waals surface area (Å²) in [5, 5.41) is 3.62. The van der Waals surface area contributed by atoms with Crippen LogP contribution >= 0.6 is 11.6 Å². The summed E-state index contributed by atoms with van der Waals surface area (Å²) in [6, 6.07) is 10.2. The Kier molecular flexibility index (Phi) is 5.91. The van der Waals surface area contributed by atoms with Crippen LogP contribution in [0.3, 0.4) is 0 Å². The molecule has 4 heteroatoms. The smallest absolute Gasteiger partial charge is 0.247 e. The Bertz CT molecular complexity index is 915. The molecule has 1 aliphatic heterocycles. The molecule has 1 amide bonds. The van der Waals surface area contributed by atoms with E-state index in [1.54, 1.807) is 0 Å². The molecule has 0 radical (unpaired) electrons. The summed E-state index contributed by atoms with van der Waals surface area (Å²) in [4.78, 5) is 12.4. The van der Waals surface area contributed by atoms with Crippen LogP contribution in [0.25, 0.3) is 16.7 Å². The summed E-state index contributed by atoms with van der Waals surface area (Å²) in [7, 11) is 0. The van der Waals surface area contributed by atoms with Gasteiger partial charge in [0.1, 0.15) is 5.75 Å². The van der Waals surface area contributed by atoms with E-state index in [4.69, 9.17) is 16.3 Å². The van der Waals surface area contributed by atoms with Gasteiger partial charge in [-0.1, -0.05) is 24.6 Å². The minimum absolute atomic E-state index is 0.0232. The molecule has 0 saturated heterocycles. The van der Waals surface area contributed by atoms with Crippen LogP contribution in [0.4, 0.5) is 0 Å². The molecule has 0 saturated carbocycles. The Hall–Kier alpha value is -2.26. The van der Waals surface area contributed by atoms with Gasteiger partial charge in [0.25, 0.3) is 0 Å². The number of hydrogen-bond donors (Lipinski definition) is 1. The number of allylic oxidation sites excluding steroid dienone is 1. The predicted octanol–water partition coefficient (Wildman–Crippen LogP) is 5.57. The van der Waals surface area contributed by atoms with Gasteiger partial charge in [-0.15, -0.1) is 0 Å². The lowest BCUT2D eigenvalue weighted by molar-refractivity contribution is -0.117. The summed E-state index contributed by atoms with van der Waals surface area (Å²) in [5.41, 5.74) is 7.26. The molecule has 3 nitrogen and oxygen atoms in total. The summed E-state index contributed by atoms with van der Waals surface area (Å²) >= 11 is 6.45. The van der Waals surface area contributed by atoms with Gasteiger partial charge in [0.15, 0.2) is 0 Å². The van der Waals surface area contributed by atoms with Crippen molar-refractivity contribution in [1.29, 1.82) is 0 Å². The van der Waals surface area contributed by atoms with Crippen LogP contribution in [-0.2, 0) is 11.2 Å². The van der Waals surface area contributed by atoms with Crippen molar-refractivity contribution in [3.63, 3.8) is 0 Å². The molecule has 0 fully saturated rings. The van der Waals surface area contributed by atoms with Gasteiger partial charge in [-0.05, 0) is 84.8 Å². The number of halogens is 1. The fourth-order valence-corrected chi connectivity index (χ4v) is 3.68. The summed E-state index contributed by atoms with van der Waals surface area (Å²) in [6.45, 7) is 9.41. The predicted molar refractivity (Wildman–Crippen MR) is 112 cm³/mol. The Balaban J connectivity index is 2.05. The van der Waals surface area contributed by atoms with E-state index in [0.717, 1.165) is 58.6 Å². The highest BCUT2D eigenvalue weighted by atomic mass is 35.5. The van der Waals surface area contributed by atoms with Gasteiger partial charge in [0.2, 0.25) is 5.91 Å². The molecule has 0 aromatic heterocycles. The lowest BCUT2D eigenvalue weighted by Crippen LogP contribution is -2.25. The first kappa shape index (κ1) is 19.5. The van der Waals surface area contributed by atoms with E-state index in [0.29, 0.717) is 11.6 Å². The van der Waals surface area contributed by atoms with Crippen molar-refractivity contribution in [3.05, 3.63) is 57.6 Å². The maximum atomic E-state index is 12.4. The molecule has 2 aromatic carbocycles. The first-order valence-electron chi connectivity index (χ1n) is 9.44. The number of fused-ring (bicyclic) bond motifs is 1. The van der Waals surface area contributed by atoms with Crippen LogP contribution < -0.4 is 10.1 Å². The van der Waals surface area contributed by atoms with Gasteiger partial charge in [-0.25, -0.2) is 0 Å². The molecular weight excluding hydrogens is 358 g/mol. The minimum Gasteiger partial charge on any atom is -0.493 e. The van der Waals surface area contributed by atoms with Crippen LogP contribution in [0.15, 0.2) is 35.9 Å². The third kappa shape index (κ3) is 4.03. The number of rotatable bonds is 5. The highest BCUT2D eigenvalue weighted by Gasteiger charge is 2.17. The van der Waals surface area contributed by atoms with Gasteiger partial charge in [0.05, 0.1) is 6.61 Å². The zero-order chi connectivity index (χ0) is 19.6. The molecular formula is C23H26ClNO2. The lowest BCUT2D eigenvalue weighted by Gasteiger charge is -2.16. The monoisotopic (exact) mass is 383 g/mol. The average Bonchev–Trinajstić information content (AvgIpc) is 3.14. The second-order valence-electron chi connectivity index (χ2n) is 7.05. The van der Waals surface area contributed by atoms with Gasteiger partial charge in [0, 0.05) is 23.6 Å². The first-order chi connectivity index (χ1) is 12.9. The number of benzene rings is 2. The average molecular weight is 384 g/mol. The number of amides is 1. The van der Waals surface area contributed by atoms with Gasteiger partial charge in [-0.2, -0.15) is 0 Å². The van der Waals surface area contributed by atoms with Crippen molar-refractivity contribution >= 4 is 23.1 Å². The van der Waals surface area contributed by atoms with Gasteiger partial charge in [-0.3, -0.25) is 4.79 Å². The molecule has 2 aromatic rings. The third-order valence-corrected chi connectivity index (χ3v) is 5.43. The molecule has 0 aliphatic carbocycles. The largest absolute Gasteiger partial charge is 0.493 e. The fourth-order valence-electron chi connectivity index (χ4n) is 3.47. The van der Waals surface area contributed by atoms with Crippen molar-refractivity contribution in [2.24, 2.45) is 0 Å². The lowest BCUT2D eigenvalue weighted by atomic mass is 9.90. The molecule has 0 atom stereocenters. The number of ether oxygens (including phenoxy) is 1. The summed E-state index contributed by atoms with van der Waals surface area (Å²) in [6.07, 6.45) is 1.85. The second kappa shape index (κ2) is 8.18. The quantitative estimate of drug-likeness (QED) is 0.685. The van der Waals surface area contributed by atoms with Crippen LogP contribution in [0.5, 0.6) is 5.75 Å². The molecule has 0 spiro atoms. The maximum Gasteiger partial charge on any atom is 0.247 e. The van der Waals surface area contributed by atoms with E-state index < -0.39 is 0 Å². The Labute approximate surface area is 166 Å². The van der Waals surface area contributed by atoms with Crippen molar-refractivity contribution in [3.8, 4) is 16.9 Å². The zero-order valence-electron chi connectivity index (χ0n) is 16.4. The third-order valence-electron chi connectivity index (χ3n) is 5.22. The molecule has 1 N–H and O–H groups in total. The van der Waals surface area contributed by atoms with Gasteiger partial charge >= 0.3 is 0 Å². The fraction of sp³-hybridized carbons (Fsp3) is 0.348. The van der Waals surface area contributed by atoms with Crippen molar-refractivity contribution < 1.29 is 9.53 Å².